The maximum Gasteiger partial charge on any atom is 0.362 e. The van der Waals surface area contributed by atoms with Gasteiger partial charge in [-0.1, -0.05) is 6.92 Å². The van der Waals surface area contributed by atoms with Gasteiger partial charge in [-0.25, -0.2) is 4.31 Å². The maximum absolute atomic E-state index is 11.0. The van der Waals surface area contributed by atoms with Crippen LogP contribution in [0, 0.1) is 5.92 Å². The van der Waals surface area contributed by atoms with Gasteiger partial charge in [-0.3, -0.25) is 9.35 Å². The molecule has 1 amide bonds. The zero-order chi connectivity index (χ0) is 9.52. The predicted octanol–water partition coefficient (Wildman–Crippen LogP) is 0.0461. The lowest BCUT2D eigenvalue weighted by atomic mass is 9.90. The van der Waals surface area contributed by atoms with Crippen molar-refractivity contribution in [2.45, 2.75) is 26.3 Å². The Kier molecular flexibility index (Phi) is 2.13. The number of carbonyl (C=O) groups is 1. The van der Waals surface area contributed by atoms with Gasteiger partial charge in [0.2, 0.25) is 5.91 Å². The first-order valence-corrected chi connectivity index (χ1v) is 5.10. The van der Waals surface area contributed by atoms with E-state index in [9.17, 15) is 13.2 Å². The summed E-state index contributed by atoms with van der Waals surface area (Å²) < 4.78 is 30.2. The first-order valence-electron chi connectivity index (χ1n) is 3.70. The van der Waals surface area contributed by atoms with Gasteiger partial charge in [-0.15, -0.1) is 0 Å². The third-order valence-corrected chi connectivity index (χ3v) is 3.18. The van der Waals surface area contributed by atoms with E-state index in [0.717, 1.165) is 0 Å². The monoisotopic (exact) mass is 193 g/mol. The van der Waals surface area contributed by atoms with Crippen molar-refractivity contribution in [2.24, 2.45) is 5.92 Å². The molecule has 1 aliphatic rings. The van der Waals surface area contributed by atoms with Crippen molar-refractivity contribution in [3.8, 4) is 0 Å². The third kappa shape index (κ3) is 1.21. The van der Waals surface area contributed by atoms with Gasteiger partial charge in [0.1, 0.15) is 0 Å². The van der Waals surface area contributed by atoms with Crippen LogP contribution in [0.2, 0.25) is 0 Å². The zero-order valence-corrected chi connectivity index (χ0v) is 7.71. The molecular formula is C6H11NO4S. The Morgan fingerprint density at radius 3 is 2.33 bits per heavy atom. The van der Waals surface area contributed by atoms with Crippen LogP contribution in [-0.2, 0) is 15.1 Å². The van der Waals surface area contributed by atoms with Crippen LogP contribution in [0.5, 0.6) is 0 Å². The number of nitrogens with zero attached hydrogens (tertiary/aromatic N) is 1. The highest BCUT2D eigenvalue weighted by molar-refractivity contribution is 7.84. The van der Waals surface area contributed by atoms with Crippen LogP contribution in [0.15, 0.2) is 0 Å². The predicted molar refractivity (Wildman–Crippen MR) is 41.6 cm³/mol. The quantitative estimate of drug-likeness (QED) is 0.496. The van der Waals surface area contributed by atoms with Crippen molar-refractivity contribution >= 4 is 16.2 Å². The van der Waals surface area contributed by atoms with Crippen LogP contribution in [0.1, 0.15) is 20.3 Å². The summed E-state index contributed by atoms with van der Waals surface area (Å²) in [6.45, 7) is 3.41. The Labute approximate surface area is 71.2 Å². The molecule has 0 spiro atoms. The second-order valence-corrected chi connectivity index (χ2v) is 4.16. The minimum absolute atomic E-state index is 0.257. The average molecular weight is 193 g/mol. The molecule has 0 saturated carbocycles. The Morgan fingerprint density at radius 2 is 2.08 bits per heavy atom. The fourth-order valence-electron chi connectivity index (χ4n) is 1.49. The molecule has 1 saturated heterocycles. The van der Waals surface area contributed by atoms with Gasteiger partial charge in [0.05, 0.1) is 12.0 Å². The lowest BCUT2D eigenvalue weighted by Crippen LogP contribution is -2.61. The Hall–Kier alpha value is -0.620. The Bertz CT molecular complexity index is 297. The molecule has 0 bridgehead atoms. The van der Waals surface area contributed by atoms with Gasteiger partial charge in [-0.05, 0) is 13.3 Å². The Balaban J connectivity index is 2.83. The summed E-state index contributed by atoms with van der Waals surface area (Å²) in [6.07, 6.45) is 0.603. The van der Waals surface area contributed by atoms with Gasteiger partial charge in [0.25, 0.3) is 0 Å². The molecule has 1 N–H and O–H groups in total. The molecule has 1 aliphatic heterocycles. The second kappa shape index (κ2) is 2.70. The van der Waals surface area contributed by atoms with Crippen molar-refractivity contribution in [1.82, 2.24) is 4.31 Å². The lowest BCUT2D eigenvalue weighted by molar-refractivity contribution is -0.146. The summed E-state index contributed by atoms with van der Waals surface area (Å²) >= 11 is 0. The molecule has 0 aromatic rings. The molecule has 0 aromatic carbocycles. The van der Waals surface area contributed by atoms with Gasteiger partial charge < -0.3 is 0 Å². The molecule has 1 rings (SSSR count). The highest BCUT2D eigenvalue weighted by Gasteiger charge is 2.49. The van der Waals surface area contributed by atoms with E-state index < -0.39 is 22.3 Å². The summed E-state index contributed by atoms with van der Waals surface area (Å²) in [4.78, 5) is 11.0. The fourth-order valence-corrected chi connectivity index (χ4v) is 2.42. The number of hydrogen-bond acceptors (Lipinski definition) is 3. The number of carbonyl (C=O) groups excluding carboxylic acids is 1. The van der Waals surface area contributed by atoms with Crippen LogP contribution in [0.25, 0.3) is 0 Å². The van der Waals surface area contributed by atoms with E-state index >= 15 is 0 Å². The zero-order valence-electron chi connectivity index (χ0n) is 6.89. The maximum atomic E-state index is 11.0. The second-order valence-electron chi connectivity index (χ2n) is 2.87. The highest BCUT2D eigenvalue weighted by Crippen LogP contribution is 2.30. The summed E-state index contributed by atoms with van der Waals surface area (Å²) in [5.74, 6) is -0.764. The Morgan fingerprint density at radius 1 is 1.58 bits per heavy atom. The van der Waals surface area contributed by atoms with Crippen molar-refractivity contribution in [1.29, 1.82) is 0 Å². The minimum Gasteiger partial charge on any atom is -0.273 e. The van der Waals surface area contributed by atoms with Gasteiger partial charge in [-0.2, -0.15) is 8.42 Å². The molecule has 0 aliphatic carbocycles. The van der Waals surface area contributed by atoms with Crippen molar-refractivity contribution in [3.63, 3.8) is 0 Å². The van der Waals surface area contributed by atoms with Gasteiger partial charge >= 0.3 is 10.3 Å². The van der Waals surface area contributed by atoms with Crippen LogP contribution >= 0.6 is 0 Å². The minimum atomic E-state index is -4.32. The number of amides is 1. The fraction of sp³-hybridized carbons (Fsp3) is 0.833. The topological polar surface area (TPSA) is 74.7 Å². The molecule has 70 valence electrons. The van der Waals surface area contributed by atoms with Crippen LogP contribution < -0.4 is 0 Å². The van der Waals surface area contributed by atoms with E-state index in [1.807, 2.05) is 0 Å². The number of hydrogen-bond donors (Lipinski definition) is 1. The molecule has 0 aromatic heterocycles. The van der Waals surface area contributed by atoms with Crippen LogP contribution in [0.3, 0.4) is 0 Å². The molecule has 12 heavy (non-hydrogen) atoms. The first kappa shape index (κ1) is 9.47. The molecule has 6 heteroatoms. The van der Waals surface area contributed by atoms with E-state index in [4.69, 9.17) is 4.55 Å². The van der Waals surface area contributed by atoms with E-state index in [1.54, 1.807) is 13.8 Å². The SMILES string of the molecule is CCC1C(=O)N(S(=O)(=O)O)C1C. The molecular weight excluding hydrogens is 182 g/mol. The summed E-state index contributed by atoms with van der Waals surface area (Å²) in [5, 5.41) is 0. The molecule has 5 nitrogen and oxygen atoms in total. The summed E-state index contributed by atoms with van der Waals surface area (Å²) in [5.41, 5.74) is 0. The van der Waals surface area contributed by atoms with Crippen LogP contribution in [0.4, 0.5) is 0 Å². The average Bonchev–Trinajstić information content (AvgIpc) is 1.85. The number of rotatable bonds is 2. The largest absolute Gasteiger partial charge is 0.362 e. The first-order chi connectivity index (χ1) is 5.39. The third-order valence-electron chi connectivity index (χ3n) is 2.18. The van der Waals surface area contributed by atoms with Gasteiger partial charge in [0, 0.05) is 0 Å². The van der Waals surface area contributed by atoms with Gasteiger partial charge in [0.15, 0.2) is 0 Å². The molecule has 2 unspecified atom stereocenters. The van der Waals surface area contributed by atoms with E-state index in [2.05, 4.69) is 0 Å². The number of β-lactam (4-membered cyclic amide) rings is 1. The highest BCUT2D eigenvalue weighted by atomic mass is 32.2. The van der Waals surface area contributed by atoms with E-state index in [0.29, 0.717) is 10.7 Å². The summed E-state index contributed by atoms with van der Waals surface area (Å²) in [6, 6.07) is -0.405. The molecule has 1 fully saturated rings. The molecule has 2 atom stereocenters. The normalized spacial score (nSPS) is 30.2. The molecule has 0 radical (unpaired) electrons. The standard InChI is InChI=1S/C6H11NO4S/c1-3-5-4(2)7(6(5)8)12(9,10)11/h4-5H,3H2,1-2H3,(H,9,10,11). The van der Waals surface area contributed by atoms with Crippen LogP contribution in [-0.4, -0.2) is 29.2 Å². The lowest BCUT2D eigenvalue weighted by Gasteiger charge is -2.41. The summed E-state index contributed by atoms with van der Waals surface area (Å²) in [7, 11) is -4.32. The molecule has 1 heterocycles. The van der Waals surface area contributed by atoms with E-state index in [-0.39, 0.29) is 5.92 Å². The van der Waals surface area contributed by atoms with E-state index in [1.165, 1.54) is 0 Å². The van der Waals surface area contributed by atoms with Crippen molar-refractivity contribution < 1.29 is 17.8 Å². The van der Waals surface area contributed by atoms with Crippen molar-refractivity contribution in [2.75, 3.05) is 0 Å². The smallest absolute Gasteiger partial charge is 0.273 e. The van der Waals surface area contributed by atoms with Crippen molar-refractivity contribution in [3.05, 3.63) is 0 Å².